The number of benzene rings is 1. The molecule has 1 aromatic carbocycles. The van der Waals surface area contributed by atoms with E-state index in [0.29, 0.717) is 19.6 Å². The van der Waals surface area contributed by atoms with Crippen LogP contribution in [0.15, 0.2) is 24.3 Å². The summed E-state index contributed by atoms with van der Waals surface area (Å²) in [5, 5.41) is 11.8. The van der Waals surface area contributed by atoms with Gasteiger partial charge >= 0.3 is 5.97 Å². The first-order valence-corrected chi connectivity index (χ1v) is 8.58. The minimum atomic E-state index is -0.971. The zero-order valence-corrected chi connectivity index (χ0v) is 15.0. The molecule has 0 aromatic heterocycles. The van der Waals surface area contributed by atoms with Crippen LogP contribution in [0.25, 0.3) is 0 Å². The van der Waals surface area contributed by atoms with Gasteiger partial charge in [0.05, 0.1) is 11.5 Å². The van der Waals surface area contributed by atoms with Crippen molar-refractivity contribution in [1.29, 1.82) is 0 Å². The van der Waals surface area contributed by atoms with Crippen molar-refractivity contribution in [3.8, 4) is 0 Å². The number of piperidine rings is 1. The number of carbonyl (C=O) groups excluding carboxylic acids is 2. The number of likely N-dealkylation sites (tertiary alicyclic amines) is 1. The summed E-state index contributed by atoms with van der Waals surface area (Å²) in [5.74, 6) is -1.15. The standard InChI is InChI=1S/C19H26N2O4/c1-19(2,3)18(25)21-10-4-5-15(12-21)16(22)20-11-13-6-8-14(9-7-13)17(23)24/h6-9,15H,4-5,10-12H2,1-3H3,(H,20,22)(H,23,24). The van der Waals surface area contributed by atoms with Crippen molar-refractivity contribution in [3.63, 3.8) is 0 Å². The van der Waals surface area contributed by atoms with Gasteiger partial charge in [-0.3, -0.25) is 9.59 Å². The highest BCUT2D eigenvalue weighted by Crippen LogP contribution is 2.23. The van der Waals surface area contributed by atoms with Crippen LogP contribution in [0.1, 0.15) is 49.5 Å². The predicted octanol–water partition coefficient (Wildman–Crippen LogP) is 2.29. The summed E-state index contributed by atoms with van der Waals surface area (Å²) >= 11 is 0. The van der Waals surface area contributed by atoms with Crippen LogP contribution in [-0.2, 0) is 16.1 Å². The van der Waals surface area contributed by atoms with E-state index in [4.69, 9.17) is 5.11 Å². The van der Waals surface area contributed by atoms with Crippen LogP contribution in [0.5, 0.6) is 0 Å². The number of carboxylic acid groups (broad SMARTS) is 1. The molecule has 1 saturated heterocycles. The average Bonchev–Trinajstić information content (AvgIpc) is 2.58. The number of nitrogens with zero attached hydrogens (tertiary/aromatic N) is 1. The van der Waals surface area contributed by atoms with Crippen molar-refractivity contribution in [1.82, 2.24) is 10.2 Å². The molecular formula is C19H26N2O4. The van der Waals surface area contributed by atoms with Gasteiger partial charge in [-0.25, -0.2) is 4.79 Å². The Morgan fingerprint density at radius 2 is 1.84 bits per heavy atom. The first-order chi connectivity index (χ1) is 11.7. The van der Waals surface area contributed by atoms with E-state index in [2.05, 4.69) is 5.32 Å². The lowest BCUT2D eigenvalue weighted by atomic mass is 9.91. The molecule has 1 heterocycles. The quantitative estimate of drug-likeness (QED) is 0.876. The molecule has 0 bridgehead atoms. The van der Waals surface area contributed by atoms with Gasteiger partial charge in [0.25, 0.3) is 0 Å². The van der Waals surface area contributed by atoms with Crippen LogP contribution in [0.4, 0.5) is 0 Å². The molecule has 2 amide bonds. The lowest BCUT2D eigenvalue weighted by molar-refractivity contribution is -0.142. The second kappa shape index (κ2) is 7.68. The Morgan fingerprint density at radius 1 is 1.20 bits per heavy atom. The van der Waals surface area contributed by atoms with Crippen molar-refractivity contribution in [2.45, 2.75) is 40.2 Å². The molecule has 1 aliphatic rings. The topological polar surface area (TPSA) is 86.7 Å². The lowest BCUT2D eigenvalue weighted by Gasteiger charge is -2.35. The molecule has 2 N–H and O–H groups in total. The van der Waals surface area contributed by atoms with Gasteiger partial charge < -0.3 is 15.3 Å². The van der Waals surface area contributed by atoms with Gasteiger partial charge in [-0.15, -0.1) is 0 Å². The van der Waals surface area contributed by atoms with Gasteiger partial charge in [-0.1, -0.05) is 32.9 Å². The molecule has 0 saturated carbocycles. The van der Waals surface area contributed by atoms with Gasteiger partial charge in [0.15, 0.2) is 0 Å². The van der Waals surface area contributed by atoms with Crippen LogP contribution in [-0.4, -0.2) is 40.9 Å². The number of aromatic carboxylic acids is 1. The molecule has 6 heteroatoms. The molecule has 6 nitrogen and oxygen atoms in total. The van der Waals surface area contributed by atoms with Gasteiger partial charge in [0.2, 0.25) is 11.8 Å². The van der Waals surface area contributed by atoms with E-state index in [1.54, 1.807) is 17.0 Å². The summed E-state index contributed by atoms with van der Waals surface area (Å²) < 4.78 is 0. The summed E-state index contributed by atoms with van der Waals surface area (Å²) in [6.07, 6.45) is 1.60. The van der Waals surface area contributed by atoms with Crippen LogP contribution in [0, 0.1) is 11.3 Å². The minimum absolute atomic E-state index is 0.0614. The molecule has 1 unspecified atom stereocenters. The maximum absolute atomic E-state index is 12.4. The second-order valence-electron chi connectivity index (χ2n) is 7.56. The third-order valence-electron chi connectivity index (χ3n) is 4.39. The lowest BCUT2D eigenvalue weighted by Crippen LogP contribution is -2.48. The molecule has 0 aliphatic carbocycles. The van der Waals surface area contributed by atoms with E-state index in [-0.39, 0.29) is 23.3 Å². The number of rotatable bonds is 4. The highest BCUT2D eigenvalue weighted by atomic mass is 16.4. The summed E-state index contributed by atoms with van der Waals surface area (Å²) in [7, 11) is 0. The SMILES string of the molecule is CC(C)(C)C(=O)N1CCCC(C(=O)NCc2ccc(C(=O)O)cc2)C1. The molecule has 1 atom stereocenters. The Hall–Kier alpha value is -2.37. The van der Waals surface area contributed by atoms with E-state index >= 15 is 0 Å². The fraction of sp³-hybridized carbons (Fsp3) is 0.526. The Balaban J connectivity index is 1.89. The number of carbonyl (C=O) groups is 3. The summed E-state index contributed by atoms with van der Waals surface area (Å²) in [4.78, 5) is 37.4. The Bertz CT molecular complexity index is 646. The molecule has 0 radical (unpaired) electrons. The summed E-state index contributed by atoms with van der Waals surface area (Å²) in [6, 6.07) is 6.43. The van der Waals surface area contributed by atoms with E-state index in [9.17, 15) is 14.4 Å². The summed E-state index contributed by atoms with van der Waals surface area (Å²) in [5.41, 5.74) is 0.625. The minimum Gasteiger partial charge on any atom is -0.478 e. The first kappa shape index (κ1) is 19.0. The Kier molecular flexibility index (Phi) is 5.82. The zero-order valence-electron chi connectivity index (χ0n) is 15.0. The van der Waals surface area contributed by atoms with Crippen molar-refractivity contribution < 1.29 is 19.5 Å². The van der Waals surface area contributed by atoms with Crippen molar-refractivity contribution in [3.05, 3.63) is 35.4 Å². The monoisotopic (exact) mass is 346 g/mol. The normalized spacial score (nSPS) is 17.9. The molecule has 1 aromatic rings. The van der Waals surface area contributed by atoms with Crippen LogP contribution in [0.3, 0.4) is 0 Å². The van der Waals surface area contributed by atoms with Crippen LogP contribution < -0.4 is 5.32 Å². The van der Waals surface area contributed by atoms with E-state index < -0.39 is 11.4 Å². The Labute approximate surface area is 148 Å². The smallest absolute Gasteiger partial charge is 0.335 e. The maximum atomic E-state index is 12.4. The van der Waals surface area contributed by atoms with E-state index in [1.165, 1.54) is 12.1 Å². The first-order valence-electron chi connectivity index (χ1n) is 8.58. The van der Waals surface area contributed by atoms with E-state index in [1.807, 2.05) is 20.8 Å². The molecule has 0 spiro atoms. The zero-order chi connectivity index (χ0) is 18.6. The number of carboxylic acids is 1. The molecular weight excluding hydrogens is 320 g/mol. The highest BCUT2D eigenvalue weighted by Gasteiger charge is 2.33. The van der Waals surface area contributed by atoms with Gasteiger partial charge in [-0.05, 0) is 30.5 Å². The van der Waals surface area contributed by atoms with Gasteiger partial charge in [0.1, 0.15) is 0 Å². The number of hydrogen-bond acceptors (Lipinski definition) is 3. The third-order valence-corrected chi connectivity index (χ3v) is 4.39. The van der Waals surface area contributed by atoms with Crippen LogP contribution in [0.2, 0.25) is 0 Å². The molecule has 136 valence electrons. The predicted molar refractivity (Wildman–Crippen MR) is 94.0 cm³/mol. The van der Waals surface area contributed by atoms with Crippen molar-refractivity contribution >= 4 is 17.8 Å². The fourth-order valence-corrected chi connectivity index (χ4v) is 2.95. The second-order valence-corrected chi connectivity index (χ2v) is 7.56. The fourth-order valence-electron chi connectivity index (χ4n) is 2.95. The van der Waals surface area contributed by atoms with Crippen molar-refractivity contribution in [2.24, 2.45) is 11.3 Å². The number of nitrogens with one attached hydrogen (secondary N) is 1. The molecule has 1 aliphatic heterocycles. The Morgan fingerprint density at radius 3 is 2.40 bits per heavy atom. The van der Waals surface area contributed by atoms with Gasteiger partial charge in [-0.2, -0.15) is 0 Å². The van der Waals surface area contributed by atoms with Gasteiger partial charge in [0, 0.05) is 25.0 Å². The largest absolute Gasteiger partial charge is 0.478 e. The maximum Gasteiger partial charge on any atom is 0.335 e. The molecule has 1 fully saturated rings. The van der Waals surface area contributed by atoms with E-state index in [0.717, 1.165) is 18.4 Å². The molecule has 25 heavy (non-hydrogen) atoms. The third kappa shape index (κ3) is 5.05. The number of amides is 2. The highest BCUT2D eigenvalue weighted by molar-refractivity contribution is 5.87. The average molecular weight is 346 g/mol. The molecule has 2 rings (SSSR count). The summed E-state index contributed by atoms with van der Waals surface area (Å²) in [6.45, 7) is 7.18. The van der Waals surface area contributed by atoms with Crippen LogP contribution >= 0.6 is 0 Å². The van der Waals surface area contributed by atoms with Crippen molar-refractivity contribution in [2.75, 3.05) is 13.1 Å². The number of hydrogen-bond donors (Lipinski definition) is 2.